The number of rotatable bonds is 3. The minimum Gasteiger partial charge on any atom is -0.397 e. The number of likely N-dealkylation sites (tertiary alicyclic amines) is 1. The van der Waals surface area contributed by atoms with Crippen LogP contribution in [0.2, 0.25) is 0 Å². The van der Waals surface area contributed by atoms with E-state index in [-0.39, 0.29) is 11.6 Å². The van der Waals surface area contributed by atoms with Gasteiger partial charge in [-0.05, 0) is 37.5 Å². The summed E-state index contributed by atoms with van der Waals surface area (Å²) in [6.07, 6.45) is 1.12. The second-order valence-electron chi connectivity index (χ2n) is 5.40. The predicted molar refractivity (Wildman–Crippen MR) is 74.3 cm³/mol. The molecule has 19 heavy (non-hydrogen) atoms. The van der Waals surface area contributed by atoms with Crippen LogP contribution in [0.25, 0.3) is 0 Å². The number of benzene rings is 1. The highest BCUT2D eigenvalue weighted by molar-refractivity contribution is 5.95. The van der Waals surface area contributed by atoms with Crippen LogP contribution in [0.4, 0.5) is 15.8 Å². The van der Waals surface area contributed by atoms with Gasteiger partial charge in [-0.3, -0.25) is 9.69 Å². The second kappa shape index (κ2) is 5.57. The van der Waals surface area contributed by atoms with Gasteiger partial charge >= 0.3 is 0 Å². The molecule has 2 atom stereocenters. The van der Waals surface area contributed by atoms with Gasteiger partial charge in [-0.1, -0.05) is 6.92 Å². The zero-order valence-corrected chi connectivity index (χ0v) is 11.3. The highest BCUT2D eigenvalue weighted by atomic mass is 19.1. The van der Waals surface area contributed by atoms with Gasteiger partial charge in [0.25, 0.3) is 0 Å². The van der Waals surface area contributed by atoms with Crippen molar-refractivity contribution in [1.82, 2.24) is 4.90 Å². The standard InChI is InChI=1S/C14H20FN3O/c1-9-5-10(2)18(7-9)8-14(19)17-13-4-3-11(15)6-12(13)16/h3-4,6,9-10H,5,7-8,16H2,1-2H3,(H,17,19). The number of amides is 1. The summed E-state index contributed by atoms with van der Waals surface area (Å²) in [5, 5.41) is 2.73. The molecule has 1 aliphatic rings. The van der Waals surface area contributed by atoms with E-state index in [0.29, 0.717) is 24.2 Å². The van der Waals surface area contributed by atoms with E-state index < -0.39 is 5.82 Å². The molecule has 1 fully saturated rings. The Labute approximate surface area is 112 Å². The van der Waals surface area contributed by atoms with Crippen LogP contribution < -0.4 is 11.1 Å². The minimum absolute atomic E-state index is 0.112. The molecule has 1 saturated heterocycles. The topological polar surface area (TPSA) is 58.4 Å². The zero-order valence-electron chi connectivity index (χ0n) is 11.3. The first-order valence-corrected chi connectivity index (χ1v) is 6.54. The van der Waals surface area contributed by atoms with Crippen LogP contribution >= 0.6 is 0 Å². The molecule has 2 unspecified atom stereocenters. The fourth-order valence-electron chi connectivity index (χ4n) is 2.63. The molecule has 0 aromatic heterocycles. The van der Waals surface area contributed by atoms with E-state index in [0.717, 1.165) is 13.0 Å². The lowest BCUT2D eigenvalue weighted by Gasteiger charge is -2.20. The summed E-state index contributed by atoms with van der Waals surface area (Å²) in [7, 11) is 0. The molecule has 2 rings (SSSR count). The van der Waals surface area contributed by atoms with E-state index in [1.807, 2.05) is 0 Å². The Hall–Kier alpha value is -1.62. The average molecular weight is 265 g/mol. The minimum atomic E-state index is -0.405. The Bertz CT molecular complexity index is 478. The normalized spacial score (nSPS) is 23.5. The molecule has 1 aromatic carbocycles. The molecule has 1 aromatic rings. The van der Waals surface area contributed by atoms with Crippen molar-refractivity contribution in [2.24, 2.45) is 5.92 Å². The van der Waals surface area contributed by atoms with Gasteiger partial charge < -0.3 is 11.1 Å². The van der Waals surface area contributed by atoms with E-state index in [1.54, 1.807) is 0 Å². The summed E-state index contributed by atoms with van der Waals surface area (Å²) in [5.74, 6) is 0.107. The molecular formula is C14H20FN3O. The first kappa shape index (κ1) is 13.8. The SMILES string of the molecule is CC1CC(C)N(CC(=O)Nc2ccc(F)cc2N)C1. The number of nitrogens with one attached hydrogen (secondary N) is 1. The Kier molecular flexibility index (Phi) is 4.04. The summed E-state index contributed by atoms with van der Waals surface area (Å²) < 4.78 is 12.9. The summed E-state index contributed by atoms with van der Waals surface area (Å²) in [6, 6.07) is 4.40. The number of halogens is 1. The third-order valence-electron chi connectivity index (χ3n) is 3.55. The van der Waals surface area contributed by atoms with Gasteiger partial charge in [0, 0.05) is 12.6 Å². The van der Waals surface area contributed by atoms with E-state index in [4.69, 9.17) is 5.73 Å². The van der Waals surface area contributed by atoms with Gasteiger partial charge in [-0.15, -0.1) is 0 Å². The largest absolute Gasteiger partial charge is 0.397 e. The smallest absolute Gasteiger partial charge is 0.238 e. The lowest BCUT2D eigenvalue weighted by atomic mass is 10.1. The van der Waals surface area contributed by atoms with E-state index >= 15 is 0 Å². The maximum atomic E-state index is 12.9. The lowest BCUT2D eigenvalue weighted by Crippen LogP contribution is -2.35. The molecule has 0 bridgehead atoms. The number of nitrogens with zero attached hydrogens (tertiary/aromatic N) is 1. The van der Waals surface area contributed by atoms with Crippen molar-refractivity contribution >= 4 is 17.3 Å². The lowest BCUT2D eigenvalue weighted by molar-refractivity contribution is -0.117. The van der Waals surface area contributed by atoms with Crippen molar-refractivity contribution in [3.05, 3.63) is 24.0 Å². The molecule has 0 aliphatic carbocycles. The number of carbonyl (C=O) groups excluding carboxylic acids is 1. The molecule has 0 spiro atoms. The Morgan fingerprint density at radius 3 is 2.84 bits per heavy atom. The molecule has 0 saturated carbocycles. The molecule has 1 aliphatic heterocycles. The maximum absolute atomic E-state index is 12.9. The Balaban J connectivity index is 1.94. The molecule has 1 amide bonds. The number of nitrogen functional groups attached to an aromatic ring is 1. The maximum Gasteiger partial charge on any atom is 0.238 e. The van der Waals surface area contributed by atoms with Crippen molar-refractivity contribution in [3.8, 4) is 0 Å². The predicted octanol–water partition coefficient (Wildman–Crippen LogP) is 2.08. The van der Waals surface area contributed by atoms with Crippen LogP contribution in [0.5, 0.6) is 0 Å². The number of hydrogen-bond donors (Lipinski definition) is 2. The monoisotopic (exact) mass is 265 g/mol. The number of anilines is 2. The van der Waals surface area contributed by atoms with Gasteiger partial charge in [0.2, 0.25) is 5.91 Å². The summed E-state index contributed by atoms with van der Waals surface area (Å²) >= 11 is 0. The summed E-state index contributed by atoms with van der Waals surface area (Å²) in [6.45, 7) is 5.60. The van der Waals surface area contributed by atoms with Gasteiger partial charge in [0.1, 0.15) is 5.82 Å². The van der Waals surface area contributed by atoms with Crippen molar-refractivity contribution in [2.45, 2.75) is 26.3 Å². The van der Waals surface area contributed by atoms with Gasteiger partial charge in [0.05, 0.1) is 17.9 Å². The summed E-state index contributed by atoms with van der Waals surface area (Å²) in [4.78, 5) is 14.1. The quantitative estimate of drug-likeness (QED) is 0.823. The van der Waals surface area contributed by atoms with Crippen LogP contribution in [-0.4, -0.2) is 29.9 Å². The molecule has 4 nitrogen and oxygen atoms in total. The molecule has 3 N–H and O–H groups in total. The van der Waals surface area contributed by atoms with Crippen LogP contribution in [0.3, 0.4) is 0 Å². The van der Waals surface area contributed by atoms with Crippen LogP contribution in [-0.2, 0) is 4.79 Å². The highest BCUT2D eigenvalue weighted by Crippen LogP contribution is 2.23. The Morgan fingerprint density at radius 1 is 1.53 bits per heavy atom. The fraction of sp³-hybridized carbons (Fsp3) is 0.500. The molecule has 1 heterocycles. The third-order valence-corrected chi connectivity index (χ3v) is 3.55. The van der Waals surface area contributed by atoms with Crippen molar-refractivity contribution < 1.29 is 9.18 Å². The van der Waals surface area contributed by atoms with Crippen molar-refractivity contribution in [2.75, 3.05) is 24.1 Å². The number of hydrogen-bond acceptors (Lipinski definition) is 3. The summed E-state index contributed by atoms with van der Waals surface area (Å²) in [5.41, 5.74) is 6.37. The van der Waals surface area contributed by atoms with Crippen LogP contribution in [0, 0.1) is 11.7 Å². The zero-order chi connectivity index (χ0) is 14.0. The van der Waals surface area contributed by atoms with Crippen molar-refractivity contribution in [3.63, 3.8) is 0 Å². The highest BCUT2D eigenvalue weighted by Gasteiger charge is 2.27. The van der Waals surface area contributed by atoms with Gasteiger partial charge in [-0.25, -0.2) is 4.39 Å². The van der Waals surface area contributed by atoms with Crippen molar-refractivity contribution in [1.29, 1.82) is 0 Å². The molecular weight excluding hydrogens is 245 g/mol. The van der Waals surface area contributed by atoms with Gasteiger partial charge in [0.15, 0.2) is 0 Å². The third kappa shape index (κ3) is 3.44. The van der Waals surface area contributed by atoms with E-state index in [1.165, 1.54) is 18.2 Å². The number of carbonyl (C=O) groups is 1. The molecule has 0 radical (unpaired) electrons. The number of nitrogens with two attached hydrogens (primary N) is 1. The first-order chi connectivity index (χ1) is 8.95. The van der Waals surface area contributed by atoms with Crippen LogP contribution in [0.15, 0.2) is 18.2 Å². The average Bonchev–Trinajstić information content (AvgIpc) is 2.61. The van der Waals surface area contributed by atoms with Crippen LogP contribution in [0.1, 0.15) is 20.3 Å². The van der Waals surface area contributed by atoms with E-state index in [9.17, 15) is 9.18 Å². The van der Waals surface area contributed by atoms with E-state index in [2.05, 4.69) is 24.1 Å². The first-order valence-electron chi connectivity index (χ1n) is 6.54. The van der Waals surface area contributed by atoms with Gasteiger partial charge in [-0.2, -0.15) is 0 Å². The Morgan fingerprint density at radius 2 is 2.26 bits per heavy atom. The molecule has 5 heteroatoms. The molecule has 104 valence electrons. The second-order valence-corrected chi connectivity index (χ2v) is 5.40. The fourth-order valence-corrected chi connectivity index (χ4v) is 2.63.